The van der Waals surface area contributed by atoms with Crippen molar-refractivity contribution in [2.45, 2.75) is 32.4 Å². The van der Waals surface area contributed by atoms with Gasteiger partial charge in [0.05, 0.1) is 12.8 Å². The molecule has 1 aliphatic heterocycles. The zero-order valence-electron chi connectivity index (χ0n) is 16.7. The van der Waals surface area contributed by atoms with Gasteiger partial charge in [-0.05, 0) is 31.2 Å². The number of benzene rings is 2. The first kappa shape index (κ1) is 20.4. The molecule has 3 rings (SSSR count). The summed E-state index contributed by atoms with van der Waals surface area (Å²) in [7, 11) is 3.23. The summed E-state index contributed by atoms with van der Waals surface area (Å²) in [6.45, 7) is 2.02. The van der Waals surface area contributed by atoms with Gasteiger partial charge in [0.1, 0.15) is 11.5 Å². The molecule has 7 heteroatoms. The Balaban J connectivity index is 1.57. The largest absolute Gasteiger partial charge is 0.496 e. The maximum absolute atomic E-state index is 12.5. The highest BCUT2D eigenvalue weighted by molar-refractivity contribution is 6.03. The molecule has 0 saturated heterocycles. The Labute approximate surface area is 169 Å². The monoisotopic (exact) mass is 396 g/mol. The predicted octanol–water partition coefficient (Wildman–Crippen LogP) is 2.72. The van der Waals surface area contributed by atoms with Gasteiger partial charge in [0.15, 0.2) is 11.9 Å². The number of likely N-dealkylation sites (N-methyl/N-ethyl adjacent to an activating group) is 1. The van der Waals surface area contributed by atoms with Crippen molar-refractivity contribution in [2.75, 3.05) is 19.1 Å². The standard InChI is InChI=1S/C22H24N2O5/c1-14-22(27)24(2)17-12-15(8-10-20(17)29-14)18(25)9-11-21(26)23-13-16-6-4-5-7-19(16)28-3/h4-8,10,12,14H,9,11,13H2,1-3H3,(H,23,26). The van der Waals surface area contributed by atoms with Crippen molar-refractivity contribution in [3.63, 3.8) is 0 Å². The number of Topliss-reactive ketones (excluding diaryl/α,β-unsaturated/α-hetero) is 1. The highest BCUT2D eigenvalue weighted by atomic mass is 16.5. The van der Waals surface area contributed by atoms with Gasteiger partial charge in [-0.3, -0.25) is 14.4 Å². The molecular formula is C22H24N2O5. The van der Waals surface area contributed by atoms with Gasteiger partial charge >= 0.3 is 0 Å². The Hall–Kier alpha value is -3.35. The minimum atomic E-state index is -0.555. The van der Waals surface area contributed by atoms with Gasteiger partial charge in [-0.25, -0.2) is 0 Å². The van der Waals surface area contributed by atoms with Crippen LogP contribution >= 0.6 is 0 Å². The minimum Gasteiger partial charge on any atom is -0.496 e. The smallest absolute Gasteiger partial charge is 0.267 e. The molecule has 0 bridgehead atoms. The highest BCUT2D eigenvalue weighted by Gasteiger charge is 2.29. The predicted molar refractivity (Wildman–Crippen MR) is 108 cm³/mol. The first-order valence-corrected chi connectivity index (χ1v) is 9.40. The molecule has 7 nitrogen and oxygen atoms in total. The molecule has 0 fully saturated rings. The number of methoxy groups -OCH3 is 1. The molecular weight excluding hydrogens is 372 g/mol. The SMILES string of the molecule is COc1ccccc1CNC(=O)CCC(=O)c1ccc2c(c1)N(C)C(=O)C(C)O2. The summed E-state index contributed by atoms with van der Waals surface area (Å²) < 4.78 is 10.8. The zero-order valence-corrected chi connectivity index (χ0v) is 16.7. The first-order chi connectivity index (χ1) is 13.9. The van der Waals surface area contributed by atoms with Crippen LogP contribution in [0.2, 0.25) is 0 Å². The van der Waals surface area contributed by atoms with Crippen LogP contribution in [0.4, 0.5) is 5.69 Å². The van der Waals surface area contributed by atoms with Crippen LogP contribution in [0.1, 0.15) is 35.7 Å². The molecule has 2 amide bonds. The average molecular weight is 396 g/mol. The van der Waals surface area contributed by atoms with E-state index in [0.717, 1.165) is 5.56 Å². The Morgan fingerprint density at radius 2 is 1.93 bits per heavy atom. The molecule has 1 atom stereocenters. The van der Waals surface area contributed by atoms with E-state index in [1.165, 1.54) is 4.90 Å². The number of ether oxygens (including phenoxy) is 2. The third-order valence-electron chi connectivity index (χ3n) is 4.87. The number of fused-ring (bicyclic) bond motifs is 1. The number of para-hydroxylation sites is 1. The molecule has 0 saturated carbocycles. The van der Waals surface area contributed by atoms with Crippen LogP contribution in [0.3, 0.4) is 0 Å². The van der Waals surface area contributed by atoms with Crippen LogP contribution in [0, 0.1) is 0 Å². The lowest BCUT2D eigenvalue weighted by Crippen LogP contribution is -2.42. The van der Waals surface area contributed by atoms with E-state index in [-0.39, 0.29) is 30.4 Å². The summed E-state index contributed by atoms with van der Waals surface area (Å²) in [6.07, 6.45) is -0.403. The van der Waals surface area contributed by atoms with Gasteiger partial charge in [-0.1, -0.05) is 18.2 Å². The molecule has 29 heavy (non-hydrogen) atoms. The summed E-state index contributed by atoms with van der Waals surface area (Å²) >= 11 is 0. The molecule has 1 aliphatic rings. The number of carbonyl (C=O) groups is 3. The summed E-state index contributed by atoms with van der Waals surface area (Å²) in [6, 6.07) is 12.4. The van der Waals surface area contributed by atoms with E-state index < -0.39 is 6.10 Å². The summed E-state index contributed by atoms with van der Waals surface area (Å²) in [5.41, 5.74) is 1.87. The van der Waals surface area contributed by atoms with E-state index >= 15 is 0 Å². The third-order valence-corrected chi connectivity index (χ3v) is 4.87. The van der Waals surface area contributed by atoms with E-state index in [2.05, 4.69) is 5.32 Å². The Morgan fingerprint density at radius 1 is 1.17 bits per heavy atom. The lowest BCUT2D eigenvalue weighted by molar-refractivity contribution is -0.125. The molecule has 1 N–H and O–H groups in total. The van der Waals surface area contributed by atoms with E-state index in [0.29, 0.717) is 29.3 Å². The molecule has 0 aromatic heterocycles. The Bertz CT molecular complexity index is 941. The topological polar surface area (TPSA) is 84.9 Å². The molecule has 152 valence electrons. The van der Waals surface area contributed by atoms with Crippen LogP contribution < -0.4 is 19.7 Å². The van der Waals surface area contributed by atoms with Gasteiger partial charge in [0.2, 0.25) is 5.91 Å². The van der Waals surface area contributed by atoms with Gasteiger partial charge in [-0.15, -0.1) is 0 Å². The lowest BCUT2D eigenvalue weighted by atomic mass is 10.0. The van der Waals surface area contributed by atoms with E-state index in [1.807, 2.05) is 24.3 Å². The molecule has 1 heterocycles. The number of hydrogen-bond donors (Lipinski definition) is 1. The Morgan fingerprint density at radius 3 is 2.69 bits per heavy atom. The summed E-state index contributed by atoms with van der Waals surface area (Å²) in [4.78, 5) is 38.2. The number of ketones is 1. The molecule has 1 unspecified atom stereocenters. The van der Waals surface area contributed by atoms with Gasteiger partial charge in [0, 0.05) is 37.6 Å². The fourth-order valence-electron chi connectivity index (χ4n) is 3.19. The van der Waals surface area contributed by atoms with Crippen molar-refractivity contribution < 1.29 is 23.9 Å². The van der Waals surface area contributed by atoms with Crippen molar-refractivity contribution in [1.82, 2.24) is 5.32 Å². The first-order valence-electron chi connectivity index (χ1n) is 9.40. The Kier molecular flexibility index (Phi) is 6.16. The van der Waals surface area contributed by atoms with Crippen LogP contribution in [-0.4, -0.2) is 37.9 Å². The van der Waals surface area contributed by atoms with Crippen molar-refractivity contribution >= 4 is 23.3 Å². The molecule has 0 spiro atoms. The number of nitrogens with one attached hydrogen (secondary N) is 1. The number of amides is 2. The van der Waals surface area contributed by atoms with Gasteiger partial charge in [-0.2, -0.15) is 0 Å². The van der Waals surface area contributed by atoms with Crippen molar-refractivity contribution in [3.8, 4) is 11.5 Å². The molecule has 2 aromatic carbocycles. The van der Waals surface area contributed by atoms with Crippen LogP contribution in [0.25, 0.3) is 0 Å². The van der Waals surface area contributed by atoms with Crippen LogP contribution in [0.15, 0.2) is 42.5 Å². The van der Waals surface area contributed by atoms with E-state index in [9.17, 15) is 14.4 Å². The maximum atomic E-state index is 12.5. The lowest BCUT2D eigenvalue weighted by Gasteiger charge is -2.30. The number of hydrogen-bond acceptors (Lipinski definition) is 5. The van der Waals surface area contributed by atoms with Crippen molar-refractivity contribution in [2.24, 2.45) is 0 Å². The van der Waals surface area contributed by atoms with E-state index in [4.69, 9.17) is 9.47 Å². The second-order valence-electron chi connectivity index (χ2n) is 6.85. The highest BCUT2D eigenvalue weighted by Crippen LogP contribution is 2.34. The van der Waals surface area contributed by atoms with Crippen molar-refractivity contribution in [3.05, 3.63) is 53.6 Å². The van der Waals surface area contributed by atoms with Crippen molar-refractivity contribution in [1.29, 1.82) is 0 Å². The average Bonchev–Trinajstić information content (AvgIpc) is 2.74. The van der Waals surface area contributed by atoms with E-state index in [1.54, 1.807) is 39.3 Å². The number of carbonyl (C=O) groups excluding carboxylic acids is 3. The normalized spacial score (nSPS) is 15.3. The summed E-state index contributed by atoms with van der Waals surface area (Å²) in [5.74, 6) is 0.711. The number of anilines is 1. The van der Waals surface area contributed by atoms with Crippen LogP contribution in [0.5, 0.6) is 11.5 Å². The second-order valence-corrected chi connectivity index (χ2v) is 6.85. The van der Waals surface area contributed by atoms with Crippen LogP contribution in [-0.2, 0) is 16.1 Å². The number of rotatable bonds is 7. The zero-order chi connectivity index (χ0) is 21.0. The quantitative estimate of drug-likeness (QED) is 0.728. The maximum Gasteiger partial charge on any atom is 0.267 e. The molecule has 2 aromatic rings. The molecule has 0 aliphatic carbocycles. The fraction of sp³-hybridized carbons (Fsp3) is 0.318. The minimum absolute atomic E-state index is 0.0749. The third kappa shape index (κ3) is 4.56. The van der Waals surface area contributed by atoms with Gasteiger partial charge < -0.3 is 19.7 Å². The molecule has 0 radical (unpaired) electrons. The fourth-order valence-corrected chi connectivity index (χ4v) is 3.19. The second kappa shape index (κ2) is 8.77. The summed E-state index contributed by atoms with van der Waals surface area (Å²) in [5, 5.41) is 2.80. The van der Waals surface area contributed by atoms with Gasteiger partial charge in [0.25, 0.3) is 5.91 Å². The number of nitrogens with zero attached hydrogens (tertiary/aromatic N) is 1.